The van der Waals surface area contributed by atoms with Crippen molar-refractivity contribution in [1.82, 2.24) is 4.90 Å². The van der Waals surface area contributed by atoms with Crippen LogP contribution in [-0.4, -0.2) is 28.7 Å². The second-order valence-electron chi connectivity index (χ2n) is 4.15. The summed E-state index contributed by atoms with van der Waals surface area (Å²) in [5.41, 5.74) is 1.10. The van der Waals surface area contributed by atoms with Gasteiger partial charge in [0, 0.05) is 6.04 Å². The lowest BCUT2D eigenvalue weighted by Crippen LogP contribution is -2.32. The molecule has 1 aliphatic rings. The van der Waals surface area contributed by atoms with Gasteiger partial charge < -0.3 is 14.8 Å². The van der Waals surface area contributed by atoms with Crippen LogP contribution < -0.4 is 0 Å². The first-order valence-electron chi connectivity index (χ1n) is 5.42. The summed E-state index contributed by atoms with van der Waals surface area (Å²) < 4.78 is 5.60. The largest absolute Gasteiger partial charge is 0.453 e. The van der Waals surface area contributed by atoms with E-state index >= 15 is 0 Å². The molecular formula is C12H16N2O2. The topological polar surface area (TPSA) is 45.1 Å². The summed E-state index contributed by atoms with van der Waals surface area (Å²) in [6, 6.07) is 10.5. The Morgan fingerprint density at radius 2 is 2.06 bits per heavy atom. The fraction of sp³-hybridized carbons (Fsp3) is 0.417. The third-order valence-corrected chi connectivity index (χ3v) is 2.74. The Balaban J connectivity index is 2.17. The van der Waals surface area contributed by atoms with Crippen LogP contribution in [0.3, 0.4) is 0 Å². The minimum absolute atomic E-state index is 0.0468. The molecule has 0 bridgehead atoms. The van der Waals surface area contributed by atoms with Gasteiger partial charge in [0.25, 0.3) is 0 Å². The first-order chi connectivity index (χ1) is 7.72. The van der Waals surface area contributed by atoms with Gasteiger partial charge in [-0.25, -0.2) is 0 Å². The molecule has 1 heterocycles. The van der Waals surface area contributed by atoms with Crippen LogP contribution in [0, 0.1) is 0 Å². The molecule has 0 spiro atoms. The lowest BCUT2D eigenvalue weighted by molar-refractivity contribution is 0.214. The second-order valence-corrected chi connectivity index (χ2v) is 4.15. The van der Waals surface area contributed by atoms with Crippen LogP contribution in [0.2, 0.25) is 0 Å². The minimum Gasteiger partial charge on any atom is -0.453 e. The molecule has 0 amide bonds. The third kappa shape index (κ3) is 1.96. The molecule has 0 radical (unpaired) electrons. The summed E-state index contributed by atoms with van der Waals surface area (Å²) in [5, 5.41) is 12.1. The van der Waals surface area contributed by atoms with Gasteiger partial charge in [-0.05, 0) is 24.6 Å². The number of hydrogen-bond donors (Lipinski definition) is 1. The molecule has 0 aromatic heterocycles. The standard InChI is InChI=1S/C12H16N2O2/c1-9(2)14-8-11(16-12(14)13-15)10-6-4-3-5-7-10/h3-7,9,11,15H,8H2,1-2H3/b13-12+. The molecule has 16 heavy (non-hydrogen) atoms. The number of benzene rings is 1. The Morgan fingerprint density at radius 1 is 1.38 bits per heavy atom. The molecule has 1 fully saturated rings. The van der Waals surface area contributed by atoms with Crippen molar-refractivity contribution in [2.75, 3.05) is 6.54 Å². The predicted molar refractivity (Wildman–Crippen MR) is 61.3 cm³/mol. The highest BCUT2D eigenvalue weighted by molar-refractivity contribution is 5.75. The molecule has 1 N–H and O–H groups in total. The normalized spacial score (nSPS) is 22.8. The van der Waals surface area contributed by atoms with Crippen LogP contribution in [0.1, 0.15) is 25.5 Å². The zero-order valence-corrected chi connectivity index (χ0v) is 9.50. The molecule has 2 rings (SSSR count). The smallest absolute Gasteiger partial charge is 0.327 e. The van der Waals surface area contributed by atoms with E-state index < -0.39 is 0 Å². The van der Waals surface area contributed by atoms with Gasteiger partial charge in [0.05, 0.1) is 6.54 Å². The van der Waals surface area contributed by atoms with Gasteiger partial charge >= 0.3 is 6.02 Å². The monoisotopic (exact) mass is 220 g/mol. The van der Waals surface area contributed by atoms with Crippen molar-refractivity contribution in [1.29, 1.82) is 0 Å². The molecule has 1 aromatic carbocycles. The SMILES string of the molecule is CC(C)N1CC(c2ccccc2)O/C1=N/O. The van der Waals surface area contributed by atoms with Crippen LogP contribution in [0.15, 0.2) is 35.5 Å². The molecule has 86 valence electrons. The van der Waals surface area contributed by atoms with Gasteiger partial charge in [0.15, 0.2) is 0 Å². The molecule has 0 saturated carbocycles. The Hall–Kier alpha value is -1.71. The lowest BCUT2D eigenvalue weighted by atomic mass is 10.1. The second kappa shape index (κ2) is 4.43. The van der Waals surface area contributed by atoms with E-state index in [0.717, 1.165) is 12.1 Å². The Labute approximate surface area is 95.1 Å². The van der Waals surface area contributed by atoms with Crippen molar-refractivity contribution in [2.45, 2.75) is 26.0 Å². The van der Waals surface area contributed by atoms with Crippen LogP contribution in [0.4, 0.5) is 0 Å². The minimum atomic E-state index is -0.0468. The maximum atomic E-state index is 8.87. The summed E-state index contributed by atoms with van der Waals surface area (Å²) in [5.74, 6) is 0. The molecule has 4 heteroatoms. The first-order valence-corrected chi connectivity index (χ1v) is 5.42. The maximum Gasteiger partial charge on any atom is 0.327 e. The van der Waals surface area contributed by atoms with Gasteiger partial charge in [0.2, 0.25) is 0 Å². The van der Waals surface area contributed by atoms with Gasteiger partial charge in [-0.15, -0.1) is 0 Å². The molecule has 1 saturated heterocycles. The van der Waals surface area contributed by atoms with E-state index in [4.69, 9.17) is 9.94 Å². The van der Waals surface area contributed by atoms with Crippen LogP contribution in [-0.2, 0) is 4.74 Å². The average molecular weight is 220 g/mol. The average Bonchev–Trinajstić information content (AvgIpc) is 2.74. The highest BCUT2D eigenvalue weighted by Crippen LogP contribution is 2.27. The Kier molecular flexibility index (Phi) is 2.99. The van der Waals surface area contributed by atoms with Crippen molar-refractivity contribution in [3.63, 3.8) is 0 Å². The first kappa shape index (κ1) is 10.8. The van der Waals surface area contributed by atoms with Crippen LogP contribution >= 0.6 is 0 Å². The molecule has 1 unspecified atom stereocenters. The van der Waals surface area contributed by atoms with Crippen molar-refractivity contribution >= 4 is 6.02 Å². The fourth-order valence-corrected chi connectivity index (χ4v) is 1.84. The summed E-state index contributed by atoms with van der Waals surface area (Å²) in [7, 11) is 0. The number of hydrogen-bond acceptors (Lipinski definition) is 3. The van der Waals surface area contributed by atoms with E-state index in [9.17, 15) is 0 Å². The van der Waals surface area contributed by atoms with E-state index in [1.54, 1.807) is 0 Å². The molecular weight excluding hydrogens is 204 g/mol. The number of ether oxygens (including phenoxy) is 1. The number of amidine groups is 1. The third-order valence-electron chi connectivity index (χ3n) is 2.74. The maximum absolute atomic E-state index is 8.87. The molecule has 1 atom stereocenters. The van der Waals surface area contributed by atoms with Crippen molar-refractivity contribution < 1.29 is 9.94 Å². The quantitative estimate of drug-likeness (QED) is 0.614. The number of nitrogens with zero attached hydrogens (tertiary/aromatic N) is 2. The van der Waals surface area contributed by atoms with Crippen molar-refractivity contribution in [3.8, 4) is 0 Å². The number of oxime groups is 1. The molecule has 0 aliphatic carbocycles. The van der Waals surface area contributed by atoms with E-state index in [-0.39, 0.29) is 12.1 Å². The highest BCUT2D eigenvalue weighted by atomic mass is 16.6. The zero-order chi connectivity index (χ0) is 11.5. The number of rotatable bonds is 2. The van der Waals surface area contributed by atoms with Crippen LogP contribution in [0.25, 0.3) is 0 Å². The van der Waals surface area contributed by atoms with E-state index in [1.807, 2.05) is 49.1 Å². The summed E-state index contributed by atoms with van der Waals surface area (Å²) in [6.45, 7) is 4.81. The summed E-state index contributed by atoms with van der Waals surface area (Å²) >= 11 is 0. The van der Waals surface area contributed by atoms with E-state index in [1.165, 1.54) is 0 Å². The van der Waals surface area contributed by atoms with E-state index in [2.05, 4.69) is 5.16 Å². The summed E-state index contributed by atoms with van der Waals surface area (Å²) in [6.07, 6.45) is -0.0468. The van der Waals surface area contributed by atoms with Gasteiger partial charge in [-0.3, -0.25) is 0 Å². The fourth-order valence-electron chi connectivity index (χ4n) is 1.84. The van der Waals surface area contributed by atoms with Crippen molar-refractivity contribution in [2.24, 2.45) is 5.16 Å². The molecule has 1 aromatic rings. The molecule has 4 nitrogen and oxygen atoms in total. The van der Waals surface area contributed by atoms with Crippen molar-refractivity contribution in [3.05, 3.63) is 35.9 Å². The van der Waals surface area contributed by atoms with Crippen LogP contribution in [0.5, 0.6) is 0 Å². The zero-order valence-electron chi connectivity index (χ0n) is 9.50. The Bertz CT molecular complexity index is 376. The predicted octanol–water partition coefficient (Wildman–Crippen LogP) is 2.21. The van der Waals surface area contributed by atoms with Gasteiger partial charge in [0.1, 0.15) is 6.10 Å². The van der Waals surface area contributed by atoms with Gasteiger partial charge in [-0.2, -0.15) is 0 Å². The Morgan fingerprint density at radius 3 is 2.56 bits per heavy atom. The summed E-state index contributed by atoms with van der Waals surface area (Å²) in [4.78, 5) is 1.94. The van der Waals surface area contributed by atoms with Gasteiger partial charge in [-0.1, -0.05) is 30.3 Å². The molecule has 1 aliphatic heterocycles. The lowest BCUT2D eigenvalue weighted by Gasteiger charge is -2.18. The highest BCUT2D eigenvalue weighted by Gasteiger charge is 2.32. The van der Waals surface area contributed by atoms with E-state index in [0.29, 0.717) is 6.02 Å².